The van der Waals surface area contributed by atoms with Gasteiger partial charge in [0, 0.05) is 11.8 Å². The van der Waals surface area contributed by atoms with Crippen LogP contribution in [0.4, 0.5) is 4.39 Å². The first kappa shape index (κ1) is 14.5. The van der Waals surface area contributed by atoms with E-state index in [9.17, 15) is 4.39 Å². The first-order valence-corrected chi connectivity index (χ1v) is 6.73. The van der Waals surface area contributed by atoms with Crippen LogP contribution in [0.3, 0.4) is 0 Å². The predicted octanol–water partition coefficient (Wildman–Crippen LogP) is 3.32. The Labute approximate surface area is 118 Å². The summed E-state index contributed by atoms with van der Waals surface area (Å²) < 4.78 is 19.1. The Bertz CT molecular complexity index is 542. The molecule has 0 aliphatic carbocycles. The minimum absolute atomic E-state index is 0.177. The fraction of sp³-hybridized carbons (Fsp3) is 0.312. The first-order valence-electron chi connectivity index (χ1n) is 6.73. The van der Waals surface area contributed by atoms with Crippen LogP contribution in [0.2, 0.25) is 0 Å². The largest absolute Gasteiger partial charge is 0.497 e. The molecule has 0 bridgehead atoms. The van der Waals surface area contributed by atoms with Gasteiger partial charge in [-0.3, -0.25) is 4.98 Å². The number of benzene rings is 1. The van der Waals surface area contributed by atoms with E-state index in [2.05, 4.69) is 17.2 Å². The Morgan fingerprint density at radius 1 is 1.25 bits per heavy atom. The van der Waals surface area contributed by atoms with Crippen molar-refractivity contribution in [3.05, 3.63) is 59.7 Å². The van der Waals surface area contributed by atoms with Gasteiger partial charge in [0.2, 0.25) is 0 Å². The van der Waals surface area contributed by atoms with Crippen LogP contribution >= 0.6 is 0 Å². The first-order chi connectivity index (χ1) is 9.76. The molecule has 1 aromatic heterocycles. The molecule has 20 heavy (non-hydrogen) atoms. The molecule has 1 aromatic carbocycles. The van der Waals surface area contributed by atoms with Crippen molar-refractivity contribution in [2.45, 2.75) is 19.4 Å². The highest BCUT2D eigenvalue weighted by Crippen LogP contribution is 2.25. The summed E-state index contributed by atoms with van der Waals surface area (Å²) in [5, 5.41) is 3.37. The van der Waals surface area contributed by atoms with E-state index in [0.29, 0.717) is 5.56 Å². The van der Waals surface area contributed by atoms with E-state index in [4.69, 9.17) is 4.74 Å². The van der Waals surface area contributed by atoms with E-state index < -0.39 is 0 Å². The van der Waals surface area contributed by atoms with E-state index in [1.165, 1.54) is 6.20 Å². The lowest BCUT2D eigenvalue weighted by Crippen LogP contribution is -2.24. The molecule has 0 saturated carbocycles. The van der Waals surface area contributed by atoms with Crippen LogP contribution in [0.5, 0.6) is 5.75 Å². The Hall–Kier alpha value is -1.94. The van der Waals surface area contributed by atoms with Gasteiger partial charge in [0.15, 0.2) is 0 Å². The second-order valence-electron chi connectivity index (χ2n) is 4.56. The summed E-state index contributed by atoms with van der Waals surface area (Å²) in [6, 6.07) is 9.21. The zero-order valence-electron chi connectivity index (χ0n) is 11.8. The predicted molar refractivity (Wildman–Crippen MR) is 77.3 cm³/mol. The van der Waals surface area contributed by atoms with E-state index >= 15 is 0 Å². The lowest BCUT2D eigenvalue weighted by Gasteiger charge is -2.20. The van der Waals surface area contributed by atoms with E-state index in [1.54, 1.807) is 19.4 Å². The van der Waals surface area contributed by atoms with Crippen molar-refractivity contribution in [1.82, 2.24) is 10.3 Å². The molecule has 0 amide bonds. The van der Waals surface area contributed by atoms with Gasteiger partial charge in [-0.2, -0.15) is 0 Å². The van der Waals surface area contributed by atoms with Crippen molar-refractivity contribution in [3.8, 4) is 5.75 Å². The molecule has 106 valence electrons. The molecule has 0 fully saturated rings. The van der Waals surface area contributed by atoms with Crippen molar-refractivity contribution in [2.75, 3.05) is 13.7 Å². The Morgan fingerprint density at radius 2 is 2.00 bits per heavy atom. The van der Waals surface area contributed by atoms with Crippen LogP contribution in [0.15, 0.2) is 42.7 Å². The van der Waals surface area contributed by atoms with Gasteiger partial charge in [-0.25, -0.2) is 4.39 Å². The molecule has 1 unspecified atom stereocenters. The molecular weight excluding hydrogens is 255 g/mol. The Morgan fingerprint density at radius 3 is 2.60 bits per heavy atom. The summed E-state index contributed by atoms with van der Waals surface area (Å²) in [5.41, 5.74) is 1.61. The highest BCUT2D eigenvalue weighted by Gasteiger charge is 2.17. The maximum absolute atomic E-state index is 14.0. The van der Waals surface area contributed by atoms with E-state index in [-0.39, 0.29) is 11.9 Å². The third-order valence-electron chi connectivity index (χ3n) is 3.16. The van der Waals surface area contributed by atoms with Crippen molar-refractivity contribution < 1.29 is 9.13 Å². The van der Waals surface area contributed by atoms with Crippen LogP contribution in [-0.4, -0.2) is 18.6 Å². The average Bonchev–Trinajstić information content (AvgIpc) is 2.50. The highest BCUT2D eigenvalue weighted by atomic mass is 19.1. The fourth-order valence-corrected chi connectivity index (χ4v) is 2.11. The molecule has 0 aliphatic rings. The van der Waals surface area contributed by atoms with Gasteiger partial charge in [0.25, 0.3) is 0 Å². The van der Waals surface area contributed by atoms with Crippen LogP contribution in [-0.2, 0) is 0 Å². The van der Waals surface area contributed by atoms with Crippen molar-refractivity contribution in [2.24, 2.45) is 0 Å². The Kier molecular flexibility index (Phi) is 5.07. The summed E-state index contributed by atoms with van der Waals surface area (Å²) >= 11 is 0. The molecule has 0 radical (unpaired) electrons. The summed E-state index contributed by atoms with van der Waals surface area (Å²) in [7, 11) is 1.63. The van der Waals surface area contributed by atoms with Crippen molar-refractivity contribution >= 4 is 0 Å². The molecule has 0 saturated heterocycles. The Balaban J connectivity index is 2.33. The quantitative estimate of drug-likeness (QED) is 0.877. The highest BCUT2D eigenvalue weighted by molar-refractivity contribution is 5.35. The smallest absolute Gasteiger partial charge is 0.146 e. The number of ether oxygens (including phenoxy) is 1. The maximum atomic E-state index is 14.0. The molecule has 2 rings (SSSR count). The number of nitrogens with zero attached hydrogens (tertiary/aromatic N) is 1. The van der Waals surface area contributed by atoms with Gasteiger partial charge in [-0.1, -0.05) is 19.1 Å². The fourth-order valence-electron chi connectivity index (χ4n) is 2.11. The van der Waals surface area contributed by atoms with Gasteiger partial charge in [-0.05, 0) is 36.7 Å². The minimum Gasteiger partial charge on any atom is -0.497 e. The van der Waals surface area contributed by atoms with Crippen LogP contribution in [0.1, 0.15) is 30.5 Å². The molecule has 1 N–H and O–H groups in total. The number of aromatic nitrogens is 1. The average molecular weight is 274 g/mol. The number of hydrogen-bond donors (Lipinski definition) is 1. The van der Waals surface area contributed by atoms with E-state index in [0.717, 1.165) is 24.3 Å². The lowest BCUT2D eigenvalue weighted by molar-refractivity contribution is 0.414. The second-order valence-corrected chi connectivity index (χ2v) is 4.56. The van der Waals surface area contributed by atoms with Gasteiger partial charge in [0.05, 0.1) is 19.3 Å². The van der Waals surface area contributed by atoms with Crippen LogP contribution in [0.25, 0.3) is 0 Å². The standard InChI is InChI=1S/C16H19FN2O/c1-3-9-19-16(14-8-10-18-11-15(14)17)12-4-6-13(20-2)7-5-12/h4-8,10-11,16,19H,3,9H2,1-2H3. The number of halogens is 1. The van der Waals surface area contributed by atoms with Crippen molar-refractivity contribution in [1.29, 1.82) is 0 Å². The van der Waals surface area contributed by atoms with Gasteiger partial charge in [0.1, 0.15) is 11.6 Å². The summed E-state index contributed by atoms with van der Waals surface area (Å²) in [5.74, 6) is 0.495. The number of pyridine rings is 1. The monoisotopic (exact) mass is 274 g/mol. The normalized spacial score (nSPS) is 12.2. The third kappa shape index (κ3) is 3.33. The molecule has 3 nitrogen and oxygen atoms in total. The van der Waals surface area contributed by atoms with Crippen LogP contribution < -0.4 is 10.1 Å². The molecule has 0 aliphatic heterocycles. The summed E-state index contributed by atoms with van der Waals surface area (Å²) in [6.07, 6.45) is 3.85. The molecule has 0 spiro atoms. The third-order valence-corrected chi connectivity index (χ3v) is 3.16. The lowest BCUT2D eigenvalue weighted by atomic mass is 9.99. The zero-order chi connectivity index (χ0) is 14.4. The maximum Gasteiger partial charge on any atom is 0.146 e. The minimum atomic E-state index is -0.295. The molecule has 4 heteroatoms. The SMILES string of the molecule is CCCNC(c1ccc(OC)cc1)c1ccncc1F. The van der Waals surface area contributed by atoms with E-state index in [1.807, 2.05) is 24.3 Å². The molecular formula is C16H19FN2O. The number of hydrogen-bond acceptors (Lipinski definition) is 3. The van der Waals surface area contributed by atoms with Gasteiger partial charge in [-0.15, -0.1) is 0 Å². The number of nitrogens with one attached hydrogen (secondary N) is 1. The molecule has 1 heterocycles. The number of rotatable bonds is 6. The number of methoxy groups -OCH3 is 1. The van der Waals surface area contributed by atoms with Gasteiger partial charge >= 0.3 is 0 Å². The van der Waals surface area contributed by atoms with Crippen LogP contribution in [0, 0.1) is 5.82 Å². The summed E-state index contributed by atoms with van der Waals surface area (Å²) in [6.45, 7) is 2.90. The zero-order valence-corrected chi connectivity index (χ0v) is 11.8. The molecule has 2 aromatic rings. The topological polar surface area (TPSA) is 34.1 Å². The second kappa shape index (κ2) is 7.01. The van der Waals surface area contributed by atoms with Crippen molar-refractivity contribution in [3.63, 3.8) is 0 Å². The molecule has 1 atom stereocenters. The summed E-state index contributed by atoms with van der Waals surface area (Å²) in [4.78, 5) is 3.81. The van der Waals surface area contributed by atoms with Gasteiger partial charge < -0.3 is 10.1 Å².